The Labute approximate surface area is 206 Å². The molecule has 2 aromatic carbocycles. The number of rotatable bonds is 6. The zero-order chi connectivity index (χ0) is 26.1. The van der Waals surface area contributed by atoms with Gasteiger partial charge in [0, 0.05) is 17.7 Å². The minimum Gasteiger partial charge on any atom is -0.479 e. The van der Waals surface area contributed by atoms with Gasteiger partial charge in [-0.15, -0.1) is 0 Å². The Balaban J connectivity index is 1.94. The fourth-order valence-corrected chi connectivity index (χ4v) is 3.60. The molecule has 2 N–H and O–H groups in total. The average molecular weight is 507 g/mol. The quantitative estimate of drug-likeness (QED) is 0.415. The molecular formula is C25H26ClF3N4O2. The molecule has 1 amide bonds. The number of aromatic nitrogens is 3. The number of alkyl halides is 3. The van der Waals surface area contributed by atoms with Gasteiger partial charge in [-0.05, 0) is 61.6 Å². The third-order valence-electron chi connectivity index (χ3n) is 5.78. The Morgan fingerprint density at radius 1 is 1.06 bits per heavy atom. The molecule has 0 saturated carbocycles. The van der Waals surface area contributed by atoms with E-state index in [9.17, 15) is 23.1 Å². The minimum atomic E-state index is -4.69. The predicted molar refractivity (Wildman–Crippen MR) is 128 cm³/mol. The van der Waals surface area contributed by atoms with Crippen LogP contribution in [0, 0.1) is 12.3 Å². The first-order chi connectivity index (χ1) is 16.2. The molecule has 0 aliphatic heterocycles. The summed E-state index contributed by atoms with van der Waals surface area (Å²) in [5.41, 5.74) is 1.20. The molecular weight excluding hydrogens is 481 g/mol. The lowest BCUT2D eigenvalue weighted by Gasteiger charge is -2.26. The number of halogens is 4. The van der Waals surface area contributed by atoms with E-state index in [0.29, 0.717) is 16.7 Å². The second kappa shape index (κ2) is 9.81. The largest absolute Gasteiger partial charge is 0.479 e. The van der Waals surface area contributed by atoms with Gasteiger partial charge in [0.25, 0.3) is 0 Å². The normalized spacial score (nSPS) is 12.2. The molecule has 1 aromatic heterocycles. The van der Waals surface area contributed by atoms with Crippen LogP contribution in [0.5, 0.6) is 6.01 Å². The fourth-order valence-electron chi connectivity index (χ4n) is 3.40. The van der Waals surface area contributed by atoms with Gasteiger partial charge < -0.3 is 10.4 Å². The van der Waals surface area contributed by atoms with Crippen molar-refractivity contribution in [2.75, 3.05) is 0 Å². The number of hydrogen-bond donors (Lipinski definition) is 2. The van der Waals surface area contributed by atoms with Crippen LogP contribution in [0.3, 0.4) is 0 Å². The van der Waals surface area contributed by atoms with Gasteiger partial charge in [-0.3, -0.25) is 4.79 Å². The molecule has 0 fully saturated rings. The van der Waals surface area contributed by atoms with Crippen LogP contribution in [-0.4, -0.2) is 32.1 Å². The van der Waals surface area contributed by atoms with Crippen LogP contribution in [0.25, 0.3) is 22.8 Å². The van der Waals surface area contributed by atoms with Crippen molar-refractivity contribution in [3.8, 4) is 28.8 Å². The summed E-state index contributed by atoms with van der Waals surface area (Å²) in [6, 6.07) is 9.89. The van der Waals surface area contributed by atoms with E-state index >= 15 is 0 Å². The molecule has 186 valence electrons. The topological polar surface area (TPSA) is 88.0 Å². The van der Waals surface area contributed by atoms with E-state index in [-0.39, 0.29) is 29.1 Å². The fraction of sp³-hybridized carbons (Fsp3) is 0.360. The molecule has 0 radical (unpaired) electrons. The number of carbonyl (C=O) groups excluding carboxylic acids is 1. The zero-order valence-corrected chi connectivity index (χ0v) is 20.7. The van der Waals surface area contributed by atoms with Crippen LogP contribution in [0.4, 0.5) is 13.2 Å². The van der Waals surface area contributed by atoms with Gasteiger partial charge in [0.15, 0.2) is 11.6 Å². The van der Waals surface area contributed by atoms with E-state index in [1.54, 1.807) is 12.1 Å². The number of amides is 1. The van der Waals surface area contributed by atoms with E-state index in [4.69, 9.17) is 11.6 Å². The number of hydrogen-bond acceptors (Lipinski definition) is 5. The highest BCUT2D eigenvalue weighted by atomic mass is 35.5. The van der Waals surface area contributed by atoms with Gasteiger partial charge in [-0.1, -0.05) is 43.6 Å². The molecule has 3 rings (SSSR count). The molecule has 0 spiro atoms. The van der Waals surface area contributed by atoms with Crippen LogP contribution in [0.2, 0.25) is 5.02 Å². The number of nitrogens with one attached hydrogen (secondary N) is 1. The predicted octanol–water partition coefficient (Wildman–Crippen LogP) is 6.20. The maximum atomic E-state index is 13.1. The van der Waals surface area contributed by atoms with Gasteiger partial charge in [-0.25, -0.2) is 4.98 Å². The van der Waals surface area contributed by atoms with Gasteiger partial charge in [-0.2, -0.15) is 23.1 Å². The third kappa shape index (κ3) is 5.73. The maximum absolute atomic E-state index is 13.1. The summed E-state index contributed by atoms with van der Waals surface area (Å²) in [5, 5.41) is 12.8. The highest BCUT2D eigenvalue weighted by Crippen LogP contribution is 2.37. The molecule has 0 aliphatic rings. The summed E-state index contributed by atoms with van der Waals surface area (Å²) in [5.74, 6) is -0.542. The molecule has 0 saturated heterocycles. The van der Waals surface area contributed by atoms with E-state index in [0.717, 1.165) is 25.0 Å². The number of benzene rings is 2. The summed E-state index contributed by atoms with van der Waals surface area (Å²) in [4.78, 5) is 24.6. The highest BCUT2D eigenvalue weighted by Gasteiger charge is 2.52. The second-order valence-corrected chi connectivity index (χ2v) is 9.54. The zero-order valence-electron chi connectivity index (χ0n) is 20.0. The van der Waals surface area contributed by atoms with Gasteiger partial charge >= 0.3 is 12.2 Å². The van der Waals surface area contributed by atoms with Crippen molar-refractivity contribution in [1.82, 2.24) is 20.3 Å². The van der Waals surface area contributed by atoms with Gasteiger partial charge in [0.1, 0.15) is 5.41 Å². The van der Waals surface area contributed by atoms with Crippen molar-refractivity contribution in [3.63, 3.8) is 0 Å². The smallest absolute Gasteiger partial charge is 0.402 e. The molecule has 0 atom stereocenters. The summed E-state index contributed by atoms with van der Waals surface area (Å²) in [7, 11) is 0. The van der Waals surface area contributed by atoms with E-state index in [1.807, 2.05) is 25.1 Å². The Hall–Kier alpha value is -3.20. The van der Waals surface area contributed by atoms with E-state index in [1.165, 1.54) is 6.07 Å². The summed E-state index contributed by atoms with van der Waals surface area (Å²) >= 11 is 6.35. The Morgan fingerprint density at radius 3 is 2.34 bits per heavy atom. The van der Waals surface area contributed by atoms with Crippen molar-refractivity contribution in [2.24, 2.45) is 5.41 Å². The van der Waals surface area contributed by atoms with Crippen molar-refractivity contribution in [3.05, 3.63) is 58.1 Å². The van der Waals surface area contributed by atoms with Crippen LogP contribution in [0.15, 0.2) is 36.4 Å². The van der Waals surface area contributed by atoms with Gasteiger partial charge in [0.2, 0.25) is 5.91 Å². The molecule has 0 unspecified atom stereocenters. The maximum Gasteiger partial charge on any atom is 0.402 e. The molecule has 3 aromatic rings. The average Bonchev–Trinajstić information content (AvgIpc) is 2.77. The first-order valence-corrected chi connectivity index (χ1v) is 11.3. The van der Waals surface area contributed by atoms with Crippen molar-refractivity contribution >= 4 is 17.5 Å². The first-order valence-electron chi connectivity index (χ1n) is 10.9. The van der Waals surface area contributed by atoms with Crippen LogP contribution in [-0.2, 0) is 11.3 Å². The van der Waals surface area contributed by atoms with Crippen LogP contribution < -0.4 is 5.32 Å². The molecule has 10 heteroatoms. The van der Waals surface area contributed by atoms with Crippen LogP contribution in [0.1, 0.15) is 50.3 Å². The summed E-state index contributed by atoms with van der Waals surface area (Å²) in [6.07, 6.45) is -4.69. The monoisotopic (exact) mass is 506 g/mol. The van der Waals surface area contributed by atoms with Gasteiger partial charge in [0.05, 0.1) is 5.02 Å². The number of aromatic hydroxyl groups is 1. The van der Waals surface area contributed by atoms with Crippen molar-refractivity contribution < 1.29 is 23.1 Å². The van der Waals surface area contributed by atoms with E-state index < -0.39 is 23.5 Å². The lowest BCUT2D eigenvalue weighted by molar-refractivity contribution is -0.211. The highest BCUT2D eigenvalue weighted by molar-refractivity contribution is 6.33. The summed E-state index contributed by atoms with van der Waals surface area (Å²) in [6.45, 7) is 7.63. The number of nitrogens with zero attached hydrogens (tertiary/aromatic N) is 3. The van der Waals surface area contributed by atoms with Crippen molar-refractivity contribution in [1.29, 1.82) is 0 Å². The molecule has 0 bridgehead atoms. The Morgan fingerprint density at radius 2 is 1.71 bits per heavy atom. The number of carbonyl (C=O) groups is 1. The summed E-state index contributed by atoms with van der Waals surface area (Å²) < 4.78 is 39.4. The number of aryl methyl sites for hydroxylation is 1. The Kier molecular flexibility index (Phi) is 7.40. The van der Waals surface area contributed by atoms with Crippen LogP contribution >= 0.6 is 11.6 Å². The Bertz CT molecular complexity index is 1260. The SMILES string of the molecule is Cc1ccc(-c2nc(O)nc(-c3cc(CNC(=O)C(C)(C)C(F)(F)F)ccc3Cl)n2)cc1C(C)C. The first kappa shape index (κ1) is 26.4. The van der Waals surface area contributed by atoms with E-state index in [2.05, 4.69) is 34.1 Å². The standard InChI is InChI=1S/C25H26ClF3N4O2/c1-13(2)17-11-16(8-6-14(17)3)20-31-21(33-23(35)32-20)18-10-15(7-9-19(18)26)12-30-22(34)24(4,5)25(27,28)29/h6-11,13H,12H2,1-5H3,(H,30,34)(H,31,32,33,35). The van der Waals surface area contributed by atoms with Crippen molar-refractivity contribution in [2.45, 2.75) is 53.3 Å². The molecule has 35 heavy (non-hydrogen) atoms. The third-order valence-corrected chi connectivity index (χ3v) is 6.11. The molecule has 1 heterocycles. The molecule has 6 nitrogen and oxygen atoms in total. The lowest BCUT2D eigenvalue weighted by Crippen LogP contribution is -2.46. The minimum absolute atomic E-state index is 0.0907. The molecule has 0 aliphatic carbocycles. The lowest BCUT2D eigenvalue weighted by atomic mass is 9.91. The second-order valence-electron chi connectivity index (χ2n) is 9.13.